The summed E-state index contributed by atoms with van der Waals surface area (Å²) >= 11 is 0. The van der Waals surface area contributed by atoms with Crippen LogP contribution in [0.25, 0.3) is 0 Å². The molecule has 0 bridgehead atoms. The van der Waals surface area contributed by atoms with E-state index in [0.717, 1.165) is 24.6 Å². The highest BCUT2D eigenvalue weighted by Gasteiger charge is 2.26. The van der Waals surface area contributed by atoms with Crippen LogP contribution in [-0.2, 0) is 11.2 Å². The van der Waals surface area contributed by atoms with Crippen molar-refractivity contribution in [2.24, 2.45) is 11.8 Å². The number of carbonyl (C=O) groups excluding carboxylic acids is 1. The zero-order valence-electron chi connectivity index (χ0n) is 11.3. The minimum atomic E-state index is 0.285. The largest absolute Gasteiger partial charge is 0.348 e. The number of hydrogen-bond donors (Lipinski definition) is 1. The first-order valence-corrected chi connectivity index (χ1v) is 7.30. The van der Waals surface area contributed by atoms with Crippen LogP contribution in [0.4, 0.5) is 0 Å². The summed E-state index contributed by atoms with van der Waals surface area (Å²) in [5.74, 6) is 2.34. The summed E-state index contributed by atoms with van der Waals surface area (Å²) in [4.78, 5) is 19.3. The molecule has 100 valence electrons. The van der Waals surface area contributed by atoms with Crippen LogP contribution in [-0.4, -0.2) is 15.8 Å². The summed E-state index contributed by atoms with van der Waals surface area (Å²) in [6.07, 6.45) is 12.6. The van der Waals surface area contributed by atoms with Crippen molar-refractivity contribution in [3.8, 4) is 0 Å². The van der Waals surface area contributed by atoms with Crippen molar-refractivity contribution in [2.75, 3.05) is 0 Å². The van der Waals surface area contributed by atoms with Gasteiger partial charge in [-0.1, -0.05) is 26.2 Å². The minimum Gasteiger partial charge on any atom is -0.348 e. The maximum atomic E-state index is 12.1. The summed E-state index contributed by atoms with van der Waals surface area (Å²) in [7, 11) is 0. The van der Waals surface area contributed by atoms with Crippen molar-refractivity contribution in [1.29, 1.82) is 0 Å². The van der Waals surface area contributed by atoms with E-state index in [1.807, 2.05) is 0 Å². The zero-order valence-corrected chi connectivity index (χ0v) is 11.3. The van der Waals surface area contributed by atoms with Gasteiger partial charge in [-0.3, -0.25) is 4.79 Å². The van der Waals surface area contributed by atoms with Gasteiger partial charge in [-0.25, -0.2) is 4.98 Å². The van der Waals surface area contributed by atoms with Crippen LogP contribution >= 0.6 is 0 Å². The maximum absolute atomic E-state index is 12.1. The van der Waals surface area contributed by atoms with Crippen molar-refractivity contribution in [3.05, 3.63) is 18.2 Å². The molecule has 0 spiro atoms. The molecule has 0 unspecified atom stereocenters. The van der Waals surface area contributed by atoms with Crippen molar-refractivity contribution in [1.82, 2.24) is 9.97 Å². The predicted molar refractivity (Wildman–Crippen MR) is 72.3 cm³/mol. The van der Waals surface area contributed by atoms with Gasteiger partial charge in [0, 0.05) is 18.3 Å². The number of aromatic nitrogens is 2. The number of imidazole rings is 1. The van der Waals surface area contributed by atoms with Crippen LogP contribution in [0, 0.1) is 11.8 Å². The van der Waals surface area contributed by atoms with Gasteiger partial charge in [0.1, 0.15) is 11.6 Å². The molecule has 1 saturated carbocycles. The van der Waals surface area contributed by atoms with Gasteiger partial charge in [0.15, 0.2) is 0 Å². The number of ketones is 1. The summed E-state index contributed by atoms with van der Waals surface area (Å²) in [6.45, 7) is 2.25. The Morgan fingerprint density at radius 1 is 1.39 bits per heavy atom. The molecule has 1 aliphatic rings. The van der Waals surface area contributed by atoms with Gasteiger partial charge in [-0.15, -0.1) is 0 Å². The topological polar surface area (TPSA) is 45.8 Å². The number of carbonyl (C=O) groups is 1. The standard InChI is InChI=1S/C15H24N2O/c1-2-3-4-12-5-7-13(8-6-12)14(18)11-15-16-9-10-17-15/h9-10,12-13H,2-8,11H2,1H3,(H,16,17). The summed E-state index contributed by atoms with van der Waals surface area (Å²) in [5, 5.41) is 0. The van der Waals surface area contributed by atoms with Gasteiger partial charge in [0.05, 0.1) is 6.42 Å². The Kier molecular flexibility index (Phi) is 4.97. The molecule has 0 atom stereocenters. The van der Waals surface area contributed by atoms with Crippen LogP contribution in [0.5, 0.6) is 0 Å². The van der Waals surface area contributed by atoms with Crippen LogP contribution < -0.4 is 0 Å². The fourth-order valence-electron chi connectivity index (χ4n) is 2.97. The highest BCUT2D eigenvalue weighted by Crippen LogP contribution is 2.32. The molecule has 18 heavy (non-hydrogen) atoms. The molecule has 1 aliphatic carbocycles. The molecule has 0 radical (unpaired) electrons. The zero-order chi connectivity index (χ0) is 12.8. The van der Waals surface area contributed by atoms with Gasteiger partial charge in [0.25, 0.3) is 0 Å². The van der Waals surface area contributed by atoms with Gasteiger partial charge in [0.2, 0.25) is 0 Å². The van der Waals surface area contributed by atoms with Gasteiger partial charge in [-0.2, -0.15) is 0 Å². The second-order valence-corrected chi connectivity index (χ2v) is 5.54. The lowest BCUT2D eigenvalue weighted by molar-refractivity contribution is -0.123. The first-order valence-electron chi connectivity index (χ1n) is 7.30. The van der Waals surface area contributed by atoms with E-state index >= 15 is 0 Å². The van der Waals surface area contributed by atoms with E-state index in [2.05, 4.69) is 16.9 Å². The average Bonchev–Trinajstić information content (AvgIpc) is 2.89. The fraction of sp³-hybridized carbons (Fsp3) is 0.733. The fourth-order valence-corrected chi connectivity index (χ4v) is 2.97. The normalized spacial score (nSPS) is 24.1. The third kappa shape index (κ3) is 3.69. The lowest BCUT2D eigenvalue weighted by Crippen LogP contribution is -2.23. The number of rotatable bonds is 6. The lowest BCUT2D eigenvalue weighted by Gasteiger charge is -2.27. The van der Waals surface area contributed by atoms with Crippen molar-refractivity contribution < 1.29 is 4.79 Å². The number of hydrogen-bond acceptors (Lipinski definition) is 2. The third-order valence-corrected chi connectivity index (χ3v) is 4.16. The van der Waals surface area contributed by atoms with E-state index in [9.17, 15) is 4.79 Å². The molecule has 1 N–H and O–H groups in total. The molecule has 1 heterocycles. The monoisotopic (exact) mass is 248 g/mol. The number of nitrogens with one attached hydrogen (secondary N) is 1. The van der Waals surface area contributed by atoms with Crippen molar-refractivity contribution in [2.45, 2.75) is 58.3 Å². The molecule has 3 heteroatoms. The van der Waals surface area contributed by atoms with E-state index in [1.165, 1.54) is 32.1 Å². The van der Waals surface area contributed by atoms with Crippen molar-refractivity contribution >= 4 is 5.78 Å². The van der Waals surface area contributed by atoms with E-state index in [-0.39, 0.29) is 5.92 Å². The second kappa shape index (κ2) is 6.72. The molecule has 1 aromatic rings. The molecule has 0 aliphatic heterocycles. The number of Topliss-reactive ketones (excluding diaryl/α,β-unsaturated/α-hetero) is 1. The van der Waals surface area contributed by atoms with E-state index in [1.54, 1.807) is 12.4 Å². The molecular formula is C15H24N2O. The van der Waals surface area contributed by atoms with Crippen LogP contribution in [0.1, 0.15) is 57.7 Å². The highest BCUT2D eigenvalue weighted by molar-refractivity contribution is 5.82. The molecular weight excluding hydrogens is 224 g/mol. The predicted octanol–water partition coefficient (Wildman–Crippen LogP) is 3.52. The Labute approximate surface area is 109 Å². The molecule has 3 nitrogen and oxygen atoms in total. The van der Waals surface area contributed by atoms with Crippen molar-refractivity contribution in [3.63, 3.8) is 0 Å². The van der Waals surface area contributed by atoms with Gasteiger partial charge >= 0.3 is 0 Å². The van der Waals surface area contributed by atoms with Crippen LogP contribution in [0.3, 0.4) is 0 Å². The number of unbranched alkanes of at least 4 members (excludes halogenated alkanes) is 1. The van der Waals surface area contributed by atoms with E-state index in [0.29, 0.717) is 12.2 Å². The Bertz CT molecular complexity index is 351. The molecule has 0 aromatic carbocycles. The number of aromatic amines is 1. The molecule has 0 amide bonds. The lowest BCUT2D eigenvalue weighted by atomic mass is 9.77. The van der Waals surface area contributed by atoms with Gasteiger partial charge < -0.3 is 4.98 Å². The minimum absolute atomic E-state index is 0.285. The SMILES string of the molecule is CCCCC1CCC(C(=O)Cc2ncc[nH]2)CC1. The summed E-state index contributed by atoms with van der Waals surface area (Å²) in [5.41, 5.74) is 0. The average molecular weight is 248 g/mol. The molecule has 1 fully saturated rings. The Hall–Kier alpha value is -1.12. The summed E-state index contributed by atoms with van der Waals surface area (Å²) < 4.78 is 0. The number of nitrogens with zero attached hydrogens (tertiary/aromatic N) is 1. The van der Waals surface area contributed by atoms with E-state index < -0.39 is 0 Å². The molecule has 0 saturated heterocycles. The second-order valence-electron chi connectivity index (χ2n) is 5.54. The van der Waals surface area contributed by atoms with E-state index in [4.69, 9.17) is 0 Å². The smallest absolute Gasteiger partial charge is 0.143 e. The third-order valence-electron chi connectivity index (χ3n) is 4.16. The Morgan fingerprint density at radius 3 is 2.78 bits per heavy atom. The maximum Gasteiger partial charge on any atom is 0.143 e. The molecule has 1 aromatic heterocycles. The highest BCUT2D eigenvalue weighted by atomic mass is 16.1. The van der Waals surface area contributed by atoms with Gasteiger partial charge in [-0.05, 0) is 31.6 Å². The van der Waals surface area contributed by atoms with Crippen LogP contribution in [0.2, 0.25) is 0 Å². The Morgan fingerprint density at radius 2 is 2.17 bits per heavy atom. The Balaban J connectivity index is 1.73. The quantitative estimate of drug-likeness (QED) is 0.837. The number of H-pyrrole nitrogens is 1. The molecule has 2 rings (SSSR count). The summed E-state index contributed by atoms with van der Waals surface area (Å²) in [6, 6.07) is 0. The first kappa shape index (κ1) is 13.3. The first-order chi connectivity index (χ1) is 8.79. The van der Waals surface area contributed by atoms with Crippen LogP contribution in [0.15, 0.2) is 12.4 Å².